The highest BCUT2D eigenvalue weighted by molar-refractivity contribution is 5.44. The minimum Gasteiger partial charge on any atom is -0.497 e. The zero-order valence-electron chi connectivity index (χ0n) is 12.0. The number of rotatable bonds is 6. The Morgan fingerprint density at radius 3 is 2.76 bits per heavy atom. The molecule has 0 saturated heterocycles. The second kappa shape index (κ2) is 7.27. The zero-order valence-corrected chi connectivity index (χ0v) is 12.0. The summed E-state index contributed by atoms with van der Waals surface area (Å²) >= 11 is 0. The molecule has 0 aliphatic heterocycles. The van der Waals surface area contributed by atoms with Crippen LogP contribution in [0.2, 0.25) is 0 Å². The van der Waals surface area contributed by atoms with Gasteiger partial charge in [-0.3, -0.25) is 10.3 Å². The third-order valence-electron chi connectivity index (χ3n) is 3.11. The summed E-state index contributed by atoms with van der Waals surface area (Å²) < 4.78 is 10.5. The Kier molecular flexibility index (Phi) is 5.13. The molecule has 1 N–H and O–H groups in total. The maximum Gasteiger partial charge on any atom is 0.125 e. The molecule has 2 rings (SSSR count). The van der Waals surface area contributed by atoms with Crippen molar-refractivity contribution in [1.29, 1.82) is 5.26 Å². The first-order valence-electron chi connectivity index (χ1n) is 6.52. The van der Waals surface area contributed by atoms with Crippen LogP contribution in [-0.4, -0.2) is 19.2 Å². The second-order valence-corrected chi connectivity index (χ2v) is 4.41. The topological polar surface area (TPSA) is 67.2 Å². The van der Waals surface area contributed by atoms with E-state index in [1.54, 1.807) is 38.7 Å². The Morgan fingerprint density at radius 1 is 1.29 bits per heavy atom. The van der Waals surface area contributed by atoms with Crippen LogP contribution in [0.1, 0.15) is 17.2 Å². The van der Waals surface area contributed by atoms with Gasteiger partial charge < -0.3 is 9.47 Å². The molecule has 1 aromatic heterocycles. The number of nitrogens with zero attached hydrogens (tertiary/aromatic N) is 2. The predicted molar refractivity (Wildman–Crippen MR) is 79.0 cm³/mol. The van der Waals surface area contributed by atoms with E-state index >= 15 is 0 Å². The van der Waals surface area contributed by atoms with Crippen molar-refractivity contribution in [3.63, 3.8) is 0 Å². The van der Waals surface area contributed by atoms with Gasteiger partial charge in [0.05, 0.1) is 20.3 Å². The lowest BCUT2D eigenvalue weighted by Crippen LogP contribution is -2.20. The SMILES string of the molecule is COc1ccc(OC)c(C(C#N)NCc2cccnc2)c1. The normalized spacial score (nSPS) is 11.5. The summed E-state index contributed by atoms with van der Waals surface area (Å²) in [5.74, 6) is 1.34. The van der Waals surface area contributed by atoms with Crippen LogP contribution in [0.25, 0.3) is 0 Å². The molecule has 108 valence electrons. The first kappa shape index (κ1) is 14.8. The van der Waals surface area contributed by atoms with Gasteiger partial charge in [0.15, 0.2) is 0 Å². The van der Waals surface area contributed by atoms with E-state index in [0.717, 1.165) is 11.1 Å². The van der Waals surface area contributed by atoms with Crippen molar-refractivity contribution < 1.29 is 9.47 Å². The largest absolute Gasteiger partial charge is 0.497 e. The fourth-order valence-electron chi connectivity index (χ4n) is 2.01. The van der Waals surface area contributed by atoms with E-state index in [0.29, 0.717) is 18.0 Å². The van der Waals surface area contributed by atoms with Crippen LogP contribution >= 0.6 is 0 Å². The molecule has 5 nitrogen and oxygen atoms in total. The molecule has 21 heavy (non-hydrogen) atoms. The van der Waals surface area contributed by atoms with E-state index in [2.05, 4.69) is 16.4 Å². The minimum atomic E-state index is -0.491. The van der Waals surface area contributed by atoms with E-state index in [1.807, 2.05) is 18.2 Å². The molecule has 1 aromatic carbocycles. The first-order chi connectivity index (χ1) is 10.3. The first-order valence-corrected chi connectivity index (χ1v) is 6.52. The molecule has 5 heteroatoms. The molecular weight excluding hydrogens is 266 g/mol. The fourth-order valence-corrected chi connectivity index (χ4v) is 2.01. The standard InChI is InChI=1S/C16H17N3O2/c1-20-13-5-6-16(21-2)14(8-13)15(9-17)19-11-12-4-3-7-18-10-12/h3-8,10,15,19H,11H2,1-2H3. The van der Waals surface area contributed by atoms with Gasteiger partial charge in [-0.1, -0.05) is 6.07 Å². The summed E-state index contributed by atoms with van der Waals surface area (Å²) in [6, 6.07) is 11.0. The number of aromatic nitrogens is 1. The van der Waals surface area contributed by atoms with Crippen LogP contribution in [-0.2, 0) is 6.54 Å². The number of nitriles is 1. The molecule has 0 fully saturated rings. The Morgan fingerprint density at radius 2 is 2.14 bits per heavy atom. The summed E-state index contributed by atoms with van der Waals surface area (Å²) in [4.78, 5) is 4.05. The van der Waals surface area contributed by atoms with E-state index < -0.39 is 6.04 Å². The molecule has 0 radical (unpaired) electrons. The van der Waals surface area contributed by atoms with Crippen molar-refractivity contribution in [2.45, 2.75) is 12.6 Å². The van der Waals surface area contributed by atoms with Gasteiger partial charge >= 0.3 is 0 Å². The number of nitrogens with one attached hydrogen (secondary N) is 1. The minimum absolute atomic E-state index is 0.491. The Bertz CT molecular complexity index is 623. The summed E-state index contributed by atoms with van der Waals surface area (Å²) in [6.07, 6.45) is 3.49. The van der Waals surface area contributed by atoms with Crippen molar-refractivity contribution in [3.8, 4) is 17.6 Å². The highest BCUT2D eigenvalue weighted by Gasteiger charge is 2.16. The lowest BCUT2D eigenvalue weighted by atomic mass is 10.1. The smallest absolute Gasteiger partial charge is 0.125 e. The van der Waals surface area contributed by atoms with Gasteiger partial charge in [0, 0.05) is 24.5 Å². The van der Waals surface area contributed by atoms with Crippen molar-refractivity contribution >= 4 is 0 Å². The predicted octanol–water partition coefficient (Wildman–Crippen LogP) is 2.45. The van der Waals surface area contributed by atoms with Crippen LogP contribution in [0.5, 0.6) is 11.5 Å². The Labute approximate surface area is 124 Å². The summed E-state index contributed by atoms with van der Waals surface area (Å²) in [5, 5.41) is 12.6. The summed E-state index contributed by atoms with van der Waals surface area (Å²) in [5.41, 5.74) is 1.77. The number of ether oxygens (including phenoxy) is 2. The molecule has 1 heterocycles. The molecule has 0 spiro atoms. The lowest BCUT2D eigenvalue weighted by molar-refractivity contribution is 0.394. The van der Waals surface area contributed by atoms with Crippen LogP contribution in [0, 0.1) is 11.3 Å². The number of hydrogen-bond acceptors (Lipinski definition) is 5. The number of methoxy groups -OCH3 is 2. The maximum atomic E-state index is 9.42. The van der Waals surface area contributed by atoms with Crippen LogP contribution < -0.4 is 14.8 Å². The van der Waals surface area contributed by atoms with E-state index in [4.69, 9.17) is 9.47 Å². The Hall–Kier alpha value is -2.58. The highest BCUT2D eigenvalue weighted by Crippen LogP contribution is 2.29. The lowest BCUT2D eigenvalue weighted by Gasteiger charge is -2.16. The third kappa shape index (κ3) is 3.71. The zero-order chi connectivity index (χ0) is 15.1. The fraction of sp³-hybridized carbons (Fsp3) is 0.250. The van der Waals surface area contributed by atoms with Crippen molar-refractivity contribution in [2.24, 2.45) is 0 Å². The van der Waals surface area contributed by atoms with Gasteiger partial charge in [0.2, 0.25) is 0 Å². The number of hydrogen-bond donors (Lipinski definition) is 1. The van der Waals surface area contributed by atoms with Gasteiger partial charge in [-0.05, 0) is 29.8 Å². The second-order valence-electron chi connectivity index (χ2n) is 4.41. The quantitative estimate of drug-likeness (QED) is 0.882. The average molecular weight is 283 g/mol. The average Bonchev–Trinajstić information content (AvgIpc) is 2.56. The van der Waals surface area contributed by atoms with Crippen LogP contribution in [0.4, 0.5) is 0 Å². The maximum absolute atomic E-state index is 9.42. The van der Waals surface area contributed by atoms with E-state index in [-0.39, 0.29) is 0 Å². The van der Waals surface area contributed by atoms with Gasteiger partial charge in [0.25, 0.3) is 0 Å². The molecular formula is C16H17N3O2. The van der Waals surface area contributed by atoms with Crippen molar-refractivity contribution in [1.82, 2.24) is 10.3 Å². The number of benzene rings is 1. The molecule has 0 saturated carbocycles. The van der Waals surface area contributed by atoms with Gasteiger partial charge in [-0.25, -0.2) is 0 Å². The molecule has 0 aliphatic carbocycles. The molecule has 0 amide bonds. The third-order valence-corrected chi connectivity index (χ3v) is 3.11. The molecule has 0 bridgehead atoms. The summed E-state index contributed by atoms with van der Waals surface area (Å²) in [6.45, 7) is 0.548. The van der Waals surface area contributed by atoms with Gasteiger partial charge in [-0.2, -0.15) is 5.26 Å². The van der Waals surface area contributed by atoms with Gasteiger partial charge in [0.1, 0.15) is 17.5 Å². The molecule has 1 unspecified atom stereocenters. The van der Waals surface area contributed by atoms with Crippen LogP contribution in [0.15, 0.2) is 42.7 Å². The number of pyridine rings is 1. The highest BCUT2D eigenvalue weighted by atomic mass is 16.5. The summed E-state index contributed by atoms with van der Waals surface area (Å²) in [7, 11) is 3.18. The molecule has 1 atom stereocenters. The van der Waals surface area contributed by atoms with Crippen LogP contribution in [0.3, 0.4) is 0 Å². The van der Waals surface area contributed by atoms with E-state index in [9.17, 15) is 5.26 Å². The monoisotopic (exact) mass is 283 g/mol. The Balaban J connectivity index is 2.19. The van der Waals surface area contributed by atoms with Crippen molar-refractivity contribution in [2.75, 3.05) is 14.2 Å². The molecule has 0 aliphatic rings. The van der Waals surface area contributed by atoms with Crippen molar-refractivity contribution in [3.05, 3.63) is 53.9 Å². The van der Waals surface area contributed by atoms with E-state index in [1.165, 1.54) is 0 Å². The molecule has 2 aromatic rings. The van der Waals surface area contributed by atoms with Gasteiger partial charge in [-0.15, -0.1) is 0 Å².